The number of hydrogen-bond donors (Lipinski definition) is 0. The second-order valence-corrected chi connectivity index (χ2v) is 14.3. The first-order valence-electron chi connectivity index (χ1n) is 16.5. The summed E-state index contributed by atoms with van der Waals surface area (Å²) in [5.74, 6) is 1.45. The van der Waals surface area contributed by atoms with E-state index < -0.39 is 0 Å². The summed E-state index contributed by atoms with van der Waals surface area (Å²) in [5.41, 5.74) is 9.20. The predicted octanol–water partition coefficient (Wildman–Crippen LogP) is 12.3. The minimum Gasteiger partial charge on any atom is -0.227 e. The van der Waals surface area contributed by atoms with Gasteiger partial charge in [0.15, 0.2) is 11.6 Å². The number of aromatic nitrogens is 4. The zero-order valence-electron chi connectivity index (χ0n) is 26.6. The van der Waals surface area contributed by atoms with Crippen LogP contribution in [0.3, 0.4) is 0 Å². The summed E-state index contributed by atoms with van der Waals surface area (Å²) < 4.78 is 3.51. The molecule has 6 aromatic carbocycles. The van der Waals surface area contributed by atoms with Crippen molar-refractivity contribution in [1.82, 2.24) is 19.9 Å². The van der Waals surface area contributed by atoms with Gasteiger partial charge < -0.3 is 0 Å². The predicted molar refractivity (Wildman–Crippen MR) is 211 cm³/mol. The summed E-state index contributed by atoms with van der Waals surface area (Å²) in [6.45, 7) is 0. The van der Waals surface area contributed by atoms with Gasteiger partial charge in [0, 0.05) is 47.8 Å². The molecule has 0 spiro atoms. The molecular weight excluding hydrogens is 649 g/mol. The maximum atomic E-state index is 5.24. The van der Waals surface area contributed by atoms with E-state index in [0.29, 0.717) is 0 Å². The molecule has 4 heterocycles. The Labute approximate surface area is 296 Å². The molecule has 0 saturated heterocycles. The van der Waals surface area contributed by atoms with Crippen molar-refractivity contribution in [2.24, 2.45) is 0 Å². The summed E-state index contributed by atoms with van der Waals surface area (Å²) in [7, 11) is 0. The van der Waals surface area contributed by atoms with Crippen LogP contribution in [0.5, 0.6) is 0 Å². The molecule has 234 valence electrons. The highest BCUT2D eigenvalue weighted by Crippen LogP contribution is 2.42. The average Bonchev–Trinajstić information content (AvgIpc) is 3.76. The van der Waals surface area contributed by atoms with Crippen LogP contribution in [0.1, 0.15) is 0 Å². The summed E-state index contributed by atoms with van der Waals surface area (Å²) >= 11 is 3.47. The Bertz CT molecular complexity index is 2880. The monoisotopic (exact) mass is 674 g/mol. The van der Waals surface area contributed by atoms with Gasteiger partial charge in [-0.15, -0.1) is 22.7 Å². The third-order valence-corrected chi connectivity index (χ3v) is 11.4. The Balaban J connectivity index is 1.12. The summed E-state index contributed by atoms with van der Waals surface area (Å²) in [6, 6.07) is 54.9. The molecule has 0 atom stereocenters. The van der Waals surface area contributed by atoms with Gasteiger partial charge in [0.05, 0.1) is 21.6 Å². The molecule has 4 nitrogen and oxygen atoms in total. The Morgan fingerprint density at radius 3 is 1.66 bits per heavy atom. The van der Waals surface area contributed by atoms with Crippen LogP contribution in [-0.2, 0) is 0 Å². The van der Waals surface area contributed by atoms with E-state index in [9.17, 15) is 0 Å². The van der Waals surface area contributed by atoms with E-state index >= 15 is 0 Å². The van der Waals surface area contributed by atoms with E-state index in [1.165, 1.54) is 14.8 Å². The summed E-state index contributed by atoms with van der Waals surface area (Å²) in [6.07, 6.45) is 0. The van der Waals surface area contributed by atoms with Gasteiger partial charge in [0.1, 0.15) is 4.83 Å². The van der Waals surface area contributed by atoms with Gasteiger partial charge in [0.25, 0.3) is 0 Å². The molecule has 0 aliphatic rings. The third kappa shape index (κ3) is 4.88. The fraction of sp³-hybridized carbons (Fsp3) is 0. The maximum absolute atomic E-state index is 5.24. The minimum atomic E-state index is 0.719. The van der Waals surface area contributed by atoms with Crippen LogP contribution in [0.4, 0.5) is 0 Å². The van der Waals surface area contributed by atoms with Crippen molar-refractivity contribution >= 4 is 63.3 Å². The van der Waals surface area contributed by atoms with Gasteiger partial charge in [-0.1, -0.05) is 133 Å². The molecule has 4 aromatic heterocycles. The zero-order valence-corrected chi connectivity index (χ0v) is 28.2. The number of fused-ring (bicyclic) bond motifs is 6. The van der Waals surface area contributed by atoms with Gasteiger partial charge in [-0.3, -0.25) is 0 Å². The maximum Gasteiger partial charge on any atom is 0.161 e. The van der Waals surface area contributed by atoms with Gasteiger partial charge in [0.2, 0.25) is 0 Å². The van der Waals surface area contributed by atoms with Gasteiger partial charge in [-0.2, -0.15) is 0 Å². The lowest BCUT2D eigenvalue weighted by Crippen LogP contribution is -1.94. The van der Waals surface area contributed by atoms with E-state index in [1.807, 2.05) is 24.3 Å². The van der Waals surface area contributed by atoms with Crippen molar-refractivity contribution in [2.75, 3.05) is 0 Å². The average molecular weight is 675 g/mol. The van der Waals surface area contributed by atoms with E-state index in [1.54, 1.807) is 22.7 Å². The van der Waals surface area contributed by atoms with Crippen molar-refractivity contribution in [3.05, 3.63) is 158 Å². The quantitative estimate of drug-likeness (QED) is 0.182. The van der Waals surface area contributed by atoms with Crippen molar-refractivity contribution in [1.29, 1.82) is 0 Å². The van der Waals surface area contributed by atoms with Gasteiger partial charge in [-0.25, -0.2) is 19.9 Å². The fourth-order valence-electron chi connectivity index (χ4n) is 6.74. The van der Waals surface area contributed by atoms with Crippen LogP contribution in [0.15, 0.2) is 158 Å². The smallest absolute Gasteiger partial charge is 0.161 e. The molecule has 0 N–H and O–H groups in total. The van der Waals surface area contributed by atoms with Crippen LogP contribution in [0.2, 0.25) is 0 Å². The molecule has 6 heteroatoms. The topological polar surface area (TPSA) is 51.6 Å². The van der Waals surface area contributed by atoms with Crippen molar-refractivity contribution in [2.45, 2.75) is 0 Å². The minimum absolute atomic E-state index is 0.719. The van der Waals surface area contributed by atoms with Crippen molar-refractivity contribution in [3.8, 4) is 56.4 Å². The molecule has 10 rings (SSSR count). The Morgan fingerprint density at radius 2 is 0.900 bits per heavy atom. The normalized spacial score (nSPS) is 11.6. The SMILES string of the molecule is c1ccc(-c2nc(-c3cccc(-c4cccc(-c5nc(-c6ccccc6)c6c(n5)sc5ccccc56)c4)c3)c3sc4ccccc4c3n2)cc1. The Hall–Kier alpha value is -6.08. The number of nitrogens with zero attached hydrogens (tertiary/aromatic N) is 4. The number of benzene rings is 6. The van der Waals surface area contributed by atoms with Crippen molar-refractivity contribution < 1.29 is 0 Å². The number of thiophene rings is 2. The highest BCUT2D eigenvalue weighted by Gasteiger charge is 2.19. The molecule has 0 bridgehead atoms. The molecule has 0 aliphatic carbocycles. The molecular formula is C44H26N4S2. The Kier molecular flexibility index (Phi) is 6.82. The van der Waals surface area contributed by atoms with Crippen LogP contribution >= 0.6 is 22.7 Å². The lowest BCUT2D eigenvalue weighted by Gasteiger charge is -2.11. The molecule has 0 saturated carbocycles. The summed E-state index contributed by atoms with van der Waals surface area (Å²) in [4.78, 5) is 21.7. The fourth-order valence-corrected chi connectivity index (χ4v) is 8.97. The number of hydrogen-bond acceptors (Lipinski definition) is 6. The lowest BCUT2D eigenvalue weighted by atomic mass is 9.99. The molecule has 0 aliphatic heterocycles. The van der Waals surface area contributed by atoms with E-state index in [-0.39, 0.29) is 0 Å². The first-order chi connectivity index (χ1) is 24.8. The standard InChI is InChI=1S/C44H26N4S2/c1-3-13-27(14-4-1)38-37-33-21-7-9-23-35(33)50-44(37)48-43(45-38)32-20-12-18-30(26-32)29-17-11-19-31(25-29)39-41-40(34-22-8-10-24-36(34)49-41)47-42(46-39)28-15-5-2-6-16-28/h1-26H. The second-order valence-electron chi connectivity index (χ2n) is 12.2. The Morgan fingerprint density at radius 1 is 0.360 bits per heavy atom. The molecule has 50 heavy (non-hydrogen) atoms. The second kappa shape index (κ2) is 11.8. The van der Waals surface area contributed by atoms with E-state index in [0.717, 1.165) is 82.2 Å². The van der Waals surface area contributed by atoms with Crippen LogP contribution in [-0.4, -0.2) is 19.9 Å². The third-order valence-electron chi connectivity index (χ3n) is 9.13. The highest BCUT2D eigenvalue weighted by atomic mass is 32.1. The molecule has 0 amide bonds. The van der Waals surface area contributed by atoms with Gasteiger partial charge in [-0.05, 0) is 35.4 Å². The van der Waals surface area contributed by atoms with Crippen LogP contribution in [0, 0.1) is 0 Å². The first kappa shape index (κ1) is 28.9. The zero-order chi connectivity index (χ0) is 33.0. The molecule has 0 fully saturated rings. The molecule has 0 unspecified atom stereocenters. The van der Waals surface area contributed by atoms with E-state index in [4.69, 9.17) is 19.9 Å². The number of rotatable bonds is 5. The largest absolute Gasteiger partial charge is 0.227 e. The van der Waals surface area contributed by atoms with Crippen LogP contribution in [0.25, 0.3) is 97.0 Å². The summed E-state index contributed by atoms with van der Waals surface area (Å²) in [5, 5.41) is 3.45. The van der Waals surface area contributed by atoms with Gasteiger partial charge >= 0.3 is 0 Å². The highest BCUT2D eigenvalue weighted by molar-refractivity contribution is 7.26. The van der Waals surface area contributed by atoms with Crippen molar-refractivity contribution in [3.63, 3.8) is 0 Å². The lowest BCUT2D eigenvalue weighted by molar-refractivity contribution is 1.24. The van der Waals surface area contributed by atoms with E-state index in [2.05, 4.69) is 133 Å². The first-order valence-corrected chi connectivity index (χ1v) is 18.1. The van der Waals surface area contributed by atoms with Crippen LogP contribution < -0.4 is 0 Å². The molecule has 0 radical (unpaired) electrons. The molecule has 10 aromatic rings.